The Hall–Kier alpha value is -1.88. The highest BCUT2D eigenvalue weighted by atomic mass is 19.1. The van der Waals surface area contributed by atoms with Gasteiger partial charge in [-0.15, -0.1) is 0 Å². The summed E-state index contributed by atoms with van der Waals surface area (Å²) in [6.45, 7) is 1.56. The van der Waals surface area contributed by atoms with Crippen LogP contribution in [0.2, 0.25) is 0 Å². The number of hydrogen-bond donors (Lipinski definition) is 1. The maximum atomic E-state index is 13.6. The molecule has 88 valence electrons. The zero-order valence-electron chi connectivity index (χ0n) is 9.19. The van der Waals surface area contributed by atoms with E-state index in [1.165, 1.54) is 24.7 Å². The lowest BCUT2D eigenvalue weighted by molar-refractivity contribution is 0.559. The molecule has 1 aromatic heterocycles. The number of halogens is 2. The summed E-state index contributed by atoms with van der Waals surface area (Å²) in [5.41, 5.74) is 6.87. The topological polar surface area (TPSA) is 51.8 Å². The Bertz CT molecular complexity index is 529. The second kappa shape index (κ2) is 4.55. The van der Waals surface area contributed by atoms with Gasteiger partial charge in [-0.1, -0.05) is 0 Å². The third-order valence-corrected chi connectivity index (χ3v) is 2.51. The third-order valence-electron chi connectivity index (χ3n) is 2.51. The highest BCUT2D eigenvalue weighted by molar-refractivity contribution is 5.32. The summed E-state index contributed by atoms with van der Waals surface area (Å²) in [5, 5.41) is 0. The monoisotopic (exact) mass is 235 g/mol. The van der Waals surface area contributed by atoms with Crippen molar-refractivity contribution in [3.63, 3.8) is 0 Å². The van der Waals surface area contributed by atoms with Crippen LogP contribution < -0.4 is 5.73 Å². The van der Waals surface area contributed by atoms with Crippen LogP contribution in [0.3, 0.4) is 0 Å². The normalized spacial score (nSPS) is 12.5. The number of hydrogen-bond acceptors (Lipinski definition) is 3. The molecule has 5 heteroatoms. The van der Waals surface area contributed by atoms with E-state index in [0.29, 0.717) is 11.3 Å². The van der Waals surface area contributed by atoms with Gasteiger partial charge in [-0.25, -0.2) is 8.78 Å². The van der Waals surface area contributed by atoms with Crippen LogP contribution in [0.25, 0.3) is 0 Å². The van der Waals surface area contributed by atoms with E-state index in [0.717, 1.165) is 6.07 Å². The summed E-state index contributed by atoms with van der Waals surface area (Å²) in [6.07, 6.45) is 4.44. The lowest BCUT2D eigenvalue weighted by Gasteiger charge is -2.13. The van der Waals surface area contributed by atoms with Gasteiger partial charge in [0.2, 0.25) is 0 Å². The highest BCUT2D eigenvalue weighted by Gasteiger charge is 2.16. The largest absolute Gasteiger partial charge is 0.319 e. The maximum Gasteiger partial charge on any atom is 0.131 e. The van der Waals surface area contributed by atoms with Gasteiger partial charge in [-0.2, -0.15) is 0 Å². The summed E-state index contributed by atoms with van der Waals surface area (Å²) in [7, 11) is 0. The molecule has 3 nitrogen and oxygen atoms in total. The minimum absolute atomic E-state index is 0.212. The molecular formula is C12H11F2N3. The smallest absolute Gasteiger partial charge is 0.131 e. The van der Waals surface area contributed by atoms with Crippen LogP contribution >= 0.6 is 0 Å². The fourth-order valence-electron chi connectivity index (χ4n) is 1.55. The Morgan fingerprint density at radius 2 is 1.94 bits per heavy atom. The number of nitrogens with two attached hydrogens (primary N) is 1. The van der Waals surface area contributed by atoms with Crippen LogP contribution in [-0.4, -0.2) is 9.97 Å². The number of aromatic nitrogens is 2. The van der Waals surface area contributed by atoms with Crippen molar-refractivity contribution in [3.8, 4) is 0 Å². The van der Waals surface area contributed by atoms with Crippen molar-refractivity contribution in [1.29, 1.82) is 0 Å². The van der Waals surface area contributed by atoms with Crippen molar-refractivity contribution in [2.24, 2.45) is 5.73 Å². The predicted octanol–water partition coefficient (Wildman–Crippen LogP) is 2.11. The van der Waals surface area contributed by atoms with Crippen molar-refractivity contribution < 1.29 is 8.78 Å². The first-order chi connectivity index (χ1) is 8.09. The molecule has 2 rings (SSSR count). The molecular weight excluding hydrogens is 224 g/mol. The maximum absolute atomic E-state index is 13.6. The molecule has 0 amide bonds. The minimum Gasteiger partial charge on any atom is -0.319 e. The molecule has 0 bridgehead atoms. The van der Waals surface area contributed by atoms with Gasteiger partial charge in [-0.3, -0.25) is 9.97 Å². The molecule has 0 saturated carbocycles. The summed E-state index contributed by atoms with van der Waals surface area (Å²) in [4.78, 5) is 7.86. The van der Waals surface area contributed by atoms with Gasteiger partial charge in [0.1, 0.15) is 11.6 Å². The van der Waals surface area contributed by atoms with Crippen molar-refractivity contribution in [2.75, 3.05) is 0 Å². The van der Waals surface area contributed by atoms with Gasteiger partial charge in [0.05, 0.1) is 17.9 Å². The number of aryl methyl sites for hydroxylation is 1. The summed E-state index contributed by atoms with van der Waals surface area (Å²) in [5.74, 6) is -1.26. The van der Waals surface area contributed by atoms with Crippen molar-refractivity contribution >= 4 is 0 Å². The van der Waals surface area contributed by atoms with Crippen LogP contribution in [0.5, 0.6) is 0 Å². The molecule has 0 aliphatic heterocycles. The Morgan fingerprint density at radius 3 is 2.59 bits per heavy atom. The molecule has 2 N–H and O–H groups in total. The van der Waals surface area contributed by atoms with Crippen molar-refractivity contribution in [3.05, 3.63) is 59.2 Å². The van der Waals surface area contributed by atoms with Crippen LogP contribution in [0.15, 0.2) is 30.7 Å². The summed E-state index contributed by atoms with van der Waals surface area (Å²) >= 11 is 0. The summed E-state index contributed by atoms with van der Waals surface area (Å²) in [6, 6.07) is 1.48. The standard InChI is InChI=1S/C12H11F2N3/c1-7-4-8(10(14)5-9(7)13)12(15)11-6-16-2-3-17-11/h2-6,12H,15H2,1H3. The SMILES string of the molecule is Cc1cc(C(N)c2cnccn2)c(F)cc1F. The molecule has 1 atom stereocenters. The van der Waals surface area contributed by atoms with Gasteiger partial charge in [0, 0.05) is 24.0 Å². The van der Waals surface area contributed by atoms with E-state index >= 15 is 0 Å². The van der Waals surface area contributed by atoms with E-state index in [1.54, 1.807) is 6.92 Å². The van der Waals surface area contributed by atoms with Crippen molar-refractivity contribution in [2.45, 2.75) is 13.0 Å². The molecule has 0 spiro atoms. The first kappa shape index (κ1) is 11.6. The molecule has 1 unspecified atom stereocenters. The van der Waals surface area contributed by atoms with E-state index in [2.05, 4.69) is 9.97 Å². The van der Waals surface area contributed by atoms with E-state index in [9.17, 15) is 8.78 Å². The van der Waals surface area contributed by atoms with Gasteiger partial charge in [0.25, 0.3) is 0 Å². The lowest BCUT2D eigenvalue weighted by Crippen LogP contribution is -2.16. The van der Waals surface area contributed by atoms with Crippen LogP contribution in [0.1, 0.15) is 22.9 Å². The highest BCUT2D eigenvalue weighted by Crippen LogP contribution is 2.22. The molecule has 0 radical (unpaired) electrons. The molecule has 17 heavy (non-hydrogen) atoms. The van der Waals surface area contributed by atoms with E-state index in [-0.39, 0.29) is 5.56 Å². The lowest BCUT2D eigenvalue weighted by atomic mass is 10.0. The third kappa shape index (κ3) is 2.29. The Labute approximate surface area is 97.3 Å². The predicted molar refractivity (Wildman–Crippen MR) is 59.2 cm³/mol. The van der Waals surface area contributed by atoms with E-state index in [1.807, 2.05) is 0 Å². The average Bonchev–Trinajstić information content (AvgIpc) is 2.34. The second-order valence-electron chi connectivity index (χ2n) is 3.73. The Morgan fingerprint density at radius 1 is 1.18 bits per heavy atom. The molecule has 1 heterocycles. The Balaban J connectivity index is 2.44. The van der Waals surface area contributed by atoms with E-state index < -0.39 is 17.7 Å². The van der Waals surface area contributed by atoms with E-state index in [4.69, 9.17) is 5.73 Å². The average molecular weight is 235 g/mol. The number of nitrogens with zero attached hydrogens (tertiary/aromatic N) is 2. The molecule has 1 aromatic carbocycles. The first-order valence-electron chi connectivity index (χ1n) is 5.06. The first-order valence-corrected chi connectivity index (χ1v) is 5.06. The molecule has 0 aliphatic rings. The second-order valence-corrected chi connectivity index (χ2v) is 3.73. The summed E-state index contributed by atoms with van der Waals surface area (Å²) < 4.78 is 26.7. The quantitative estimate of drug-likeness (QED) is 0.867. The van der Waals surface area contributed by atoms with Crippen LogP contribution in [0.4, 0.5) is 8.78 Å². The zero-order valence-corrected chi connectivity index (χ0v) is 9.19. The molecule has 0 fully saturated rings. The fourth-order valence-corrected chi connectivity index (χ4v) is 1.55. The van der Waals surface area contributed by atoms with Crippen molar-refractivity contribution in [1.82, 2.24) is 9.97 Å². The van der Waals surface area contributed by atoms with Gasteiger partial charge in [-0.05, 0) is 18.6 Å². The number of benzene rings is 1. The van der Waals surface area contributed by atoms with Gasteiger partial charge < -0.3 is 5.73 Å². The molecule has 0 saturated heterocycles. The number of rotatable bonds is 2. The molecule has 0 aliphatic carbocycles. The van der Waals surface area contributed by atoms with Crippen LogP contribution in [-0.2, 0) is 0 Å². The van der Waals surface area contributed by atoms with Crippen LogP contribution in [0, 0.1) is 18.6 Å². The minimum atomic E-state index is -0.747. The zero-order chi connectivity index (χ0) is 12.4. The fraction of sp³-hybridized carbons (Fsp3) is 0.167. The van der Waals surface area contributed by atoms with Gasteiger partial charge >= 0.3 is 0 Å². The Kier molecular flexibility index (Phi) is 3.10. The van der Waals surface area contributed by atoms with Gasteiger partial charge in [0.15, 0.2) is 0 Å². The molecule has 2 aromatic rings.